The van der Waals surface area contributed by atoms with Gasteiger partial charge >= 0.3 is 0 Å². The summed E-state index contributed by atoms with van der Waals surface area (Å²) in [6, 6.07) is 14.2. The minimum Gasteiger partial charge on any atom is -0.325 e. The standard InChI is InChI=1S/C19H16ClN3O2/c1-12-6-7-15(20)9-16(12)22-19(25)14-8-18(24)23(11-14)17-5-3-2-4-13(17)10-21/h2-7,9,14H,8,11H2,1H3,(H,22,25). The molecule has 0 aromatic heterocycles. The van der Waals surface area contributed by atoms with Gasteiger partial charge < -0.3 is 10.2 Å². The molecule has 0 radical (unpaired) electrons. The molecule has 1 N–H and O–H groups in total. The predicted octanol–water partition coefficient (Wildman–Crippen LogP) is 3.51. The molecule has 6 heteroatoms. The Hall–Kier alpha value is -2.84. The first-order valence-corrected chi connectivity index (χ1v) is 8.24. The zero-order chi connectivity index (χ0) is 18.0. The minimum absolute atomic E-state index is 0.116. The number of nitrogens with zero attached hydrogens (tertiary/aromatic N) is 2. The van der Waals surface area contributed by atoms with Crippen molar-refractivity contribution in [2.45, 2.75) is 13.3 Å². The monoisotopic (exact) mass is 353 g/mol. The number of halogens is 1. The minimum atomic E-state index is -0.474. The number of anilines is 2. The van der Waals surface area contributed by atoms with E-state index in [4.69, 9.17) is 11.6 Å². The maximum atomic E-state index is 12.6. The fourth-order valence-corrected chi connectivity index (χ4v) is 3.06. The number of aryl methyl sites for hydroxylation is 1. The summed E-state index contributed by atoms with van der Waals surface area (Å²) in [5.74, 6) is -0.862. The molecule has 2 aromatic rings. The zero-order valence-corrected chi connectivity index (χ0v) is 14.4. The number of nitriles is 1. The molecule has 1 heterocycles. The lowest BCUT2D eigenvalue weighted by molar-refractivity contribution is -0.122. The second-order valence-corrected chi connectivity index (χ2v) is 6.42. The maximum absolute atomic E-state index is 12.6. The zero-order valence-electron chi connectivity index (χ0n) is 13.6. The van der Waals surface area contributed by atoms with E-state index in [-0.39, 0.29) is 24.8 Å². The van der Waals surface area contributed by atoms with E-state index >= 15 is 0 Å². The number of hydrogen-bond donors (Lipinski definition) is 1. The van der Waals surface area contributed by atoms with E-state index in [1.807, 2.05) is 13.0 Å². The molecule has 25 heavy (non-hydrogen) atoms. The fourth-order valence-electron chi connectivity index (χ4n) is 2.88. The number of para-hydroxylation sites is 1. The Morgan fingerprint density at radius 3 is 2.84 bits per heavy atom. The van der Waals surface area contributed by atoms with Gasteiger partial charge in [-0.1, -0.05) is 29.8 Å². The Morgan fingerprint density at radius 1 is 1.32 bits per heavy atom. The van der Waals surface area contributed by atoms with Crippen molar-refractivity contribution in [2.24, 2.45) is 5.92 Å². The molecule has 0 aliphatic carbocycles. The quantitative estimate of drug-likeness (QED) is 0.917. The second-order valence-electron chi connectivity index (χ2n) is 5.98. The number of nitrogens with one attached hydrogen (secondary N) is 1. The van der Waals surface area contributed by atoms with Crippen LogP contribution < -0.4 is 10.2 Å². The average molecular weight is 354 g/mol. The smallest absolute Gasteiger partial charge is 0.229 e. The number of benzene rings is 2. The van der Waals surface area contributed by atoms with Crippen LogP contribution in [0.25, 0.3) is 0 Å². The van der Waals surface area contributed by atoms with E-state index in [1.54, 1.807) is 36.4 Å². The highest BCUT2D eigenvalue weighted by Crippen LogP contribution is 2.29. The molecule has 2 amide bonds. The first-order valence-electron chi connectivity index (χ1n) is 7.86. The van der Waals surface area contributed by atoms with Gasteiger partial charge in [-0.25, -0.2) is 0 Å². The molecule has 1 fully saturated rings. The molecule has 1 aliphatic rings. The van der Waals surface area contributed by atoms with Crippen LogP contribution in [0.3, 0.4) is 0 Å². The molecule has 5 nitrogen and oxygen atoms in total. The predicted molar refractivity (Wildman–Crippen MR) is 96.4 cm³/mol. The maximum Gasteiger partial charge on any atom is 0.229 e. The summed E-state index contributed by atoms with van der Waals surface area (Å²) >= 11 is 5.98. The van der Waals surface area contributed by atoms with Gasteiger partial charge in [-0.2, -0.15) is 5.26 Å². The van der Waals surface area contributed by atoms with E-state index in [0.29, 0.717) is 22.0 Å². The van der Waals surface area contributed by atoms with Gasteiger partial charge in [0.1, 0.15) is 6.07 Å². The number of carbonyl (C=O) groups is 2. The molecule has 0 bridgehead atoms. The Morgan fingerprint density at radius 2 is 2.08 bits per heavy atom. The molecule has 2 aromatic carbocycles. The van der Waals surface area contributed by atoms with E-state index in [2.05, 4.69) is 11.4 Å². The summed E-state index contributed by atoms with van der Waals surface area (Å²) in [6.45, 7) is 2.13. The Kier molecular flexibility index (Phi) is 4.73. The average Bonchev–Trinajstić information content (AvgIpc) is 3.00. The van der Waals surface area contributed by atoms with Crippen LogP contribution in [-0.4, -0.2) is 18.4 Å². The van der Waals surface area contributed by atoms with Crippen LogP contribution in [-0.2, 0) is 9.59 Å². The lowest BCUT2D eigenvalue weighted by atomic mass is 10.1. The van der Waals surface area contributed by atoms with Crippen molar-refractivity contribution in [3.8, 4) is 6.07 Å². The van der Waals surface area contributed by atoms with Gasteiger partial charge in [0.25, 0.3) is 0 Å². The third-order valence-electron chi connectivity index (χ3n) is 4.27. The van der Waals surface area contributed by atoms with Crippen molar-refractivity contribution in [2.75, 3.05) is 16.8 Å². The molecule has 1 atom stereocenters. The first kappa shape index (κ1) is 17.0. The van der Waals surface area contributed by atoms with Crippen molar-refractivity contribution in [1.29, 1.82) is 5.26 Å². The highest BCUT2D eigenvalue weighted by Gasteiger charge is 2.36. The van der Waals surface area contributed by atoms with Crippen LogP contribution in [0.1, 0.15) is 17.5 Å². The number of carbonyl (C=O) groups excluding carboxylic acids is 2. The van der Waals surface area contributed by atoms with Gasteiger partial charge in [-0.3, -0.25) is 9.59 Å². The van der Waals surface area contributed by atoms with Crippen molar-refractivity contribution < 1.29 is 9.59 Å². The normalized spacial score (nSPS) is 16.6. The van der Waals surface area contributed by atoms with Gasteiger partial charge in [0, 0.05) is 23.7 Å². The van der Waals surface area contributed by atoms with Gasteiger partial charge in [0.15, 0.2) is 0 Å². The highest BCUT2D eigenvalue weighted by molar-refractivity contribution is 6.31. The summed E-state index contributed by atoms with van der Waals surface area (Å²) < 4.78 is 0. The summed E-state index contributed by atoms with van der Waals surface area (Å²) in [5.41, 5.74) is 2.50. The van der Waals surface area contributed by atoms with E-state index in [0.717, 1.165) is 5.56 Å². The Balaban J connectivity index is 1.77. The molecule has 1 unspecified atom stereocenters. The topological polar surface area (TPSA) is 73.2 Å². The Bertz CT molecular complexity index is 888. The lowest BCUT2D eigenvalue weighted by Crippen LogP contribution is -2.28. The number of amides is 2. The number of hydrogen-bond acceptors (Lipinski definition) is 3. The third-order valence-corrected chi connectivity index (χ3v) is 4.50. The van der Waals surface area contributed by atoms with Crippen LogP contribution >= 0.6 is 11.6 Å². The van der Waals surface area contributed by atoms with Gasteiger partial charge in [-0.15, -0.1) is 0 Å². The second kappa shape index (κ2) is 6.96. The molecular weight excluding hydrogens is 338 g/mol. The summed E-state index contributed by atoms with van der Waals surface area (Å²) in [5, 5.41) is 12.6. The van der Waals surface area contributed by atoms with Crippen molar-refractivity contribution in [1.82, 2.24) is 0 Å². The summed E-state index contributed by atoms with van der Waals surface area (Å²) in [7, 11) is 0. The highest BCUT2D eigenvalue weighted by atomic mass is 35.5. The van der Waals surface area contributed by atoms with Crippen LogP contribution in [0.2, 0.25) is 5.02 Å². The van der Waals surface area contributed by atoms with Gasteiger partial charge in [0.2, 0.25) is 11.8 Å². The van der Waals surface area contributed by atoms with Crippen LogP contribution in [0.4, 0.5) is 11.4 Å². The first-order chi connectivity index (χ1) is 12.0. The van der Waals surface area contributed by atoms with Crippen LogP contribution in [0.5, 0.6) is 0 Å². The SMILES string of the molecule is Cc1ccc(Cl)cc1NC(=O)C1CC(=O)N(c2ccccc2C#N)C1. The van der Waals surface area contributed by atoms with Crippen molar-refractivity contribution in [3.05, 3.63) is 58.6 Å². The van der Waals surface area contributed by atoms with Gasteiger partial charge in [0.05, 0.1) is 17.2 Å². The molecule has 0 spiro atoms. The molecular formula is C19H16ClN3O2. The molecule has 1 saturated heterocycles. The van der Waals surface area contributed by atoms with Crippen LogP contribution in [0, 0.1) is 24.2 Å². The molecule has 0 saturated carbocycles. The van der Waals surface area contributed by atoms with E-state index in [1.165, 1.54) is 4.90 Å². The van der Waals surface area contributed by atoms with Crippen LogP contribution in [0.15, 0.2) is 42.5 Å². The summed E-state index contributed by atoms with van der Waals surface area (Å²) in [6.07, 6.45) is 0.116. The van der Waals surface area contributed by atoms with Crippen molar-refractivity contribution in [3.63, 3.8) is 0 Å². The number of rotatable bonds is 3. The summed E-state index contributed by atoms with van der Waals surface area (Å²) in [4.78, 5) is 26.4. The fraction of sp³-hybridized carbons (Fsp3) is 0.211. The largest absolute Gasteiger partial charge is 0.325 e. The molecule has 1 aliphatic heterocycles. The molecule has 126 valence electrons. The Labute approximate surface area is 150 Å². The van der Waals surface area contributed by atoms with E-state index in [9.17, 15) is 14.9 Å². The van der Waals surface area contributed by atoms with Crippen molar-refractivity contribution >= 4 is 34.8 Å². The third kappa shape index (κ3) is 3.49. The van der Waals surface area contributed by atoms with E-state index < -0.39 is 5.92 Å². The molecule has 3 rings (SSSR count). The lowest BCUT2D eigenvalue weighted by Gasteiger charge is -2.18. The van der Waals surface area contributed by atoms with Gasteiger partial charge in [-0.05, 0) is 36.8 Å².